The molecule has 3 unspecified atom stereocenters. The third-order valence-electron chi connectivity index (χ3n) is 5.44. The Bertz CT molecular complexity index is 219. The van der Waals surface area contributed by atoms with Gasteiger partial charge in [0.05, 0.1) is 6.10 Å². The SMILES string of the molecule is CCC(CCC1(C)CCCC1(C)C)C(C)O. The fraction of sp³-hybridized carbons (Fsp3) is 1.00. The van der Waals surface area contributed by atoms with Crippen molar-refractivity contribution in [3.63, 3.8) is 0 Å². The number of aliphatic hydroxyl groups is 1. The molecular weight excluding hydrogens is 196 g/mol. The van der Waals surface area contributed by atoms with Crippen molar-refractivity contribution < 1.29 is 5.11 Å². The summed E-state index contributed by atoms with van der Waals surface area (Å²) >= 11 is 0. The van der Waals surface area contributed by atoms with Crippen molar-refractivity contribution in [3.8, 4) is 0 Å². The van der Waals surface area contributed by atoms with E-state index in [1.165, 1.54) is 32.1 Å². The van der Waals surface area contributed by atoms with Crippen LogP contribution in [0.3, 0.4) is 0 Å². The van der Waals surface area contributed by atoms with Crippen LogP contribution in [0, 0.1) is 16.7 Å². The molecule has 1 rings (SSSR count). The van der Waals surface area contributed by atoms with E-state index in [1.54, 1.807) is 0 Å². The topological polar surface area (TPSA) is 20.2 Å². The minimum absolute atomic E-state index is 0.141. The molecule has 96 valence electrons. The van der Waals surface area contributed by atoms with Gasteiger partial charge in [0.15, 0.2) is 0 Å². The first-order valence-electron chi connectivity index (χ1n) is 7.00. The predicted octanol–water partition coefficient (Wildman–Crippen LogP) is 4.39. The average molecular weight is 226 g/mol. The molecule has 0 amide bonds. The van der Waals surface area contributed by atoms with E-state index in [2.05, 4.69) is 27.7 Å². The summed E-state index contributed by atoms with van der Waals surface area (Å²) in [6.07, 6.45) is 7.56. The highest BCUT2D eigenvalue weighted by atomic mass is 16.3. The third-order valence-corrected chi connectivity index (χ3v) is 5.44. The Morgan fingerprint density at radius 1 is 1.19 bits per heavy atom. The molecule has 0 spiro atoms. The normalized spacial score (nSPS) is 32.6. The summed E-state index contributed by atoms with van der Waals surface area (Å²) in [7, 11) is 0. The Hall–Kier alpha value is -0.0400. The van der Waals surface area contributed by atoms with Gasteiger partial charge in [0.25, 0.3) is 0 Å². The first kappa shape index (κ1) is 14.0. The molecule has 1 heteroatoms. The van der Waals surface area contributed by atoms with Crippen LogP contribution in [0.5, 0.6) is 0 Å². The maximum Gasteiger partial charge on any atom is 0.0540 e. The molecule has 1 saturated carbocycles. The highest BCUT2D eigenvalue weighted by molar-refractivity contribution is 4.95. The van der Waals surface area contributed by atoms with E-state index in [0.717, 1.165) is 6.42 Å². The van der Waals surface area contributed by atoms with Crippen molar-refractivity contribution in [2.45, 2.75) is 79.2 Å². The molecule has 0 heterocycles. The van der Waals surface area contributed by atoms with E-state index in [0.29, 0.717) is 16.7 Å². The van der Waals surface area contributed by atoms with Gasteiger partial charge in [-0.15, -0.1) is 0 Å². The zero-order valence-corrected chi connectivity index (χ0v) is 11.8. The standard InChI is InChI=1S/C15H30O/c1-6-13(12(2)16)8-11-15(5)10-7-9-14(15,3)4/h12-13,16H,6-11H2,1-5H3. The number of aliphatic hydroxyl groups excluding tert-OH is 1. The van der Waals surface area contributed by atoms with Gasteiger partial charge >= 0.3 is 0 Å². The Labute approximate surface area is 102 Å². The summed E-state index contributed by atoms with van der Waals surface area (Å²) in [5, 5.41) is 9.70. The molecule has 0 aromatic heterocycles. The Kier molecular flexibility index (Phi) is 4.45. The van der Waals surface area contributed by atoms with Gasteiger partial charge in [-0.2, -0.15) is 0 Å². The molecule has 0 aromatic carbocycles. The van der Waals surface area contributed by atoms with Gasteiger partial charge in [-0.05, 0) is 49.4 Å². The summed E-state index contributed by atoms with van der Waals surface area (Å²) in [5.41, 5.74) is 0.985. The zero-order valence-electron chi connectivity index (χ0n) is 11.8. The molecule has 1 aliphatic rings. The van der Waals surface area contributed by atoms with Crippen molar-refractivity contribution >= 4 is 0 Å². The number of hydrogen-bond donors (Lipinski definition) is 1. The molecule has 3 atom stereocenters. The van der Waals surface area contributed by atoms with Gasteiger partial charge in [-0.1, -0.05) is 40.5 Å². The largest absolute Gasteiger partial charge is 0.393 e. The third kappa shape index (κ3) is 2.80. The van der Waals surface area contributed by atoms with Crippen LogP contribution in [-0.4, -0.2) is 11.2 Å². The Balaban J connectivity index is 2.54. The summed E-state index contributed by atoms with van der Waals surface area (Å²) in [6, 6.07) is 0. The lowest BCUT2D eigenvalue weighted by atomic mass is 9.66. The van der Waals surface area contributed by atoms with E-state index < -0.39 is 0 Å². The van der Waals surface area contributed by atoms with Gasteiger partial charge < -0.3 is 5.11 Å². The fourth-order valence-corrected chi connectivity index (χ4v) is 3.31. The van der Waals surface area contributed by atoms with Crippen LogP contribution in [0.25, 0.3) is 0 Å². The molecule has 1 N–H and O–H groups in total. The Morgan fingerprint density at radius 2 is 1.81 bits per heavy atom. The molecule has 16 heavy (non-hydrogen) atoms. The van der Waals surface area contributed by atoms with E-state index in [4.69, 9.17) is 0 Å². The van der Waals surface area contributed by atoms with Gasteiger partial charge in [-0.3, -0.25) is 0 Å². The highest BCUT2D eigenvalue weighted by Crippen LogP contribution is 2.55. The first-order valence-corrected chi connectivity index (χ1v) is 7.00. The summed E-state index contributed by atoms with van der Waals surface area (Å²) in [5.74, 6) is 0.494. The maximum atomic E-state index is 9.70. The van der Waals surface area contributed by atoms with E-state index >= 15 is 0 Å². The van der Waals surface area contributed by atoms with Gasteiger partial charge in [-0.25, -0.2) is 0 Å². The van der Waals surface area contributed by atoms with Crippen LogP contribution in [0.15, 0.2) is 0 Å². The van der Waals surface area contributed by atoms with Crippen molar-refractivity contribution in [2.24, 2.45) is 16.7 Å². The smallest absolute Gasteiger partial charge is 0.0540 e. The average Bonchev–Trinajstić information content (AvgIpc) is 2.42. The van der Waals surface area contributed by atoms with Crippen LogP contribution < -0.4 is 0 Å². The molecule has 0 aliphatic heterocycles. The van der Waals surface area contributed by atoms with Crippen molar-refractivity contribution in [1.82, 2.24) is 0 Å². The molecule has 1 aliphatic carbocycles. The lowest BCUT2D eigenvalue weighted by Gasteiger charge is -2.39. The highest BCUT2D eigenvalue weighted by Gasteiger charge is 2.44. The van der Waals surface area contributed by atoms with E-state index in [9.17, 15) is 5.11 Å². The number of hydrogen-bond acceptors (Lipinski definition) is 1. The quantitative estimate of drug-likeness (QED) is 0.737. The molecular formula is C15H30O. The minimum atomic E-state index is -0.141. The van der Waals surface area contributed by atoms with Crippen LogP contribution in [0.2, 0.25) is 0 Å². The summed E-state index contributed by atoms with van der Waals surface area (Å²) < 4.78 is 0. The van der Waals surface area contributed by atoms with Crippen LogP contribution in [0.1, 0.15) is 73.1 Å². The van der Waals surface area contributed by atoms with E-state index in [-0.39, 0.29) is 6.10 Å². The second-order valence-corrected chi connectivity index (χ2v) is 6.75. The molecule has 0 saturated heterocycles. The second kappa shape index (κ2) is 5.08. The van der Waals surface area contributed by atoms with Crippen molar-refractivity contribution in [3.05, 3.63) is 0 Å². The lowest BCUT2D eigenvalue weighted by molar-refractivity contribution is 0.0743. The van der Waals surface area contributed by atoms with Crippen molar-refractivity contribution in [2.75, 3.05) is 0 Å². The molecule has 0 radical (unpaired) electrons. The van der Waals surface area contributed by atoms with Gasteiger partial charge in [0.1, 0.15) is 0 Å². The van der Waals surface area contributed by atoms with Crippen molar-refractivity contribution in [1.29, 1.82) is 0 Å². The monoisotopic (exact) mass is 226 g/mol. The fourth-order valence-electron chi connectivity index (χ4n) is 3.31. The molecule has 1 fully saturated rings. The number of rotatable bonds is 5. The minimum Gasteiger partial charge on any atom is -0.393 e. The predicted molar refractivity (Wildman–Crippen MR) is 70.4 cm³/mol. The van der Waals surface area contributed by atoms with Gasteiger partial charge in [0.2, 0.25) is 0 Å². The Morgan fingerprint density at radius 3 is 2.19 bits per heavy atom. The van der Waals surface area contributed by atoms with Crippen LogP contribution in [0.4, 0.5) is 0 Å². The van der Waals surface area contributed by atoms with E-state index in [1.807, 2.05) is 6.92 Å². The van der Waals surface area contributed by atoms with Gasteiger partial charge in [0, 0.05) is 0 Å². The summed E-state index contributed by atoms with van der Waals surface area (Å²) in [4.78, 5) is 0. The lowest BCUT2D eigenvalue weighted by Crippen LogP contribution is -2.31. The summed E-state index contributed by atoms with van der Waals surface area (Å²) in [6.45, 7) is 11.4. The molecule has 1 nitrogen and oxygen atoms in total. The second-order valence-electron chi connectivity index (χ2n) is 6.75. The molecule has 0 aromatic rings. The van der Waals surface area contributed by atoms with Crippen LogP contribution >= 0.6 is 0 Å². The molecule has 0 bridgehead atoms. The zero-order chi connectivity index (χ0) is 12.4. The maximum absolute atomic E-state index is 9.70. The first-order chi connectivity index (χ1) is 7.32. The van der Waals surface area contributed by atoms with Crippen LogP contribution in [-0.2, 0) is 0 Å².